The summed E-state index contributed by atoms with van der Waals surface area (Å²) in [4.78, 5) is 16.0. The molecule has 0 fully saturated rings. The van der Waals surface area contributed by atoms with Crippen LogP contribution < -0.4 is 4.74 Å². The summed E-state index contributed by atoms with van der Waals surface area (Å²) in [5, 5.41) is 0. The first kappa shape index (κ1) is 13.0. The Hall–Kier alpha value is -2.73. The van der Waals surface area contributed by atoms with Crippen molar-refractivity contribution in [2.24, 2.45) is 0 Å². The fourth-order valence-electron chi connectivity index (χ4n) is 2.18. The fourth-order valence-corrected chi connectivity index (χ4v) is 2.89. The van der Waals surface area contributed by atoms with Gasteiger partial charge in [-0.2, -0.15) is 0 Å². The molecule has 0 saturated heterocycles. The van der Waals surface area contributed by atoms with Crippen molar-refractivity contribution in [3.63, 3.8) is 0 Å². The van der Waals surface area contributed by atoms with E-state index < -0.39 is 0 Å². The normalized spacial score (nSPS) is 11.0. The molecule has 6 heteroatoms. The molecule has 0 aliphatic carbocycles. The first-order valence-corrected chi connectivity index (χ1v) is 7.65. The Balaban J connectivity index is 1.65. The lowest BCUT2D eigenvalue weighted by atomic mass is 10.3. The summed E-state index contributed by atoms with van der Waals surface area (Å²) in [5.41, 5.74) is 4.57. The molecule has 1 aromatic carbocycles. The van der Waals surface area contributed by atoms with E-state index in [0.717, 1.165) is 38.9 Å². The van der Waals surface area contributed by atoms with E-state index in [1.54, 1.807) is 23.7 Å². The number of pyridine rings is 1. The van der Waals surface area contributed by atoms with Gasteiger partial charge in [0.25, 0.3) is 0 Å². The lowest BCUT2D eigenvalue weighted by Crippen LogP contribution is -1.89. The highest BCUT2D eigenvalue weighted by Gasteiger charge is 2.06. The first-order chi connectivity index (χ1) is 10.8. The molecule has 3 aromatic heterocycles. The summed E-state index contributed by atoms with van der Waals surface area (Å²) in [6, 6.07) is 9.56. The standard InChI is InChI=1S/C16H12N4OS/c1-10-8-18-16(20-10)14-6-12(4-5-17-14)21-11-2-3-13-15(7-11)22-9-19-13/h2-9H,1H3,(H,18,20). The number of rotatable bonds is 3. The van der Waals surface area contributed by atoms with Gasteiger partial charge in [-0.25, -0.2) is 9.97 Å². The van der Waals surface area contributed by atoms with E-state index in [1.807, 2.05) is 42.8 Å². The van der Waals surface area contributed by atoms with Crippen LogP contribution >= 0.6 is 11.3 Å². The lowest BCUT2D eigenvalue weighted by Gasteiger charge is -2.06. The summed E-state index contributed by atoms with van der Waals surface area (Å²) < 4.78 is 7.03. The Morgan fingerprint density at radius 1 is 1.05 bits per heavy atom. The van der Waals surface area contributed by atoms with Gasteiger partial charge in [-0.3, -0.25) is 4.98 Å². The molecule has 3 heterocycles. The van der Waals surface area contributed by atoms with E-state index >= 15 is 0 Å². The maximum Gasteiger partial charge on any atom is 0.156 e. The van der Waals surface area contributed by atoms with Crippen molar-refractivity contribution < 1.29 is 4.74 Å². The van der Waals surface area contributed by atoms with Gasteiger partial charge in [0.15, 0.2) is 5.82 Å². The Bertz CT molecular complexity index is 944. The third-order valence-electron chi connectivity index (χ3n) is 3.22. The third-order valence-corrected chi connectivity index (χ3v) is 4.01. The number of hydrogen-bond acceptors (Lipinski definition) is 5. The fraction of sp³-hybridized carbons (Fsp3) is 0.0625. The van der Waals surface area contributed by atoms with Crippen molar-refractivity contribution in [3.05, 3.63) is 53.9 Å². The molecule has 4 aromatic rings. The van der Waals surface area contributed by atoms with Crippen LogP contribution in [0, 0.1) is 6.92 Å². The van der Waals surface area contributed by atoms with Gasteiger partial charge in [0, 0.05) is 30.2 Å². The molecule has 0 aliphatic rings. The van der Waals surface area contributed by atoms with Crippen LogP contribution in [-0.4, -0.2) is 19.9 Å². The molecule has 108 valence electrons. The maximum absolute atomic E-state index is 5.92. The monoisotopic (exact) mass is 308 g/mol. The van der Waals surface area contributed by atoms with Crippen molar-refractivity contribution in [1.29, 1.82) is 0 Å². The number of thiazole rings is 1. The summed E-state index contributed by atoms with van der Waals surface area (Å²) in [6.45, 7) is 1.96. The lowest BCUT2D eigenvalue weighted by molar-refractivity contribution is 0.483. The van der Waals surface area contributed by atoms with Crippen LogP contribution in [0.25, 0.3) is 21.7 Å². The zero-order valence-corrected chi connectivity index (χ0v) is 12.6. The minimum Gasteiger partial charge on any atom is -0.457 e. The highest BCUT2D eigenvalue weighted by atomic mass is 32.1. The quantitative estimate of drug-likeness (QED) is 0.616. The van der Waals surface area contributed by atoms with Gasteiger partial charge in [0.1, 0.15) is 17.2 Å². The van der Waals surface area contributed by atoms with Crippen molar-refractivity contribution >= 4 is 21.6 Å². The molecule has 1 N–H and O–H groups in total. The number of aromatic nitrogens is 4. The topological polar surface area (TPSA) is 63.7 Å². The van der Waals surface area contributed by atoms with Gasteiger partial charge in [-0.1, -0.05) is 0 Å². The highest BCUT2D eigenvalue weighted by Crippen LogP contribution is 2.28. The second-order valence-corrected chi connectivity index (χ2v) is 5.76. The van der Waals surface area contributed by atoms with Gasteiger partial charge in [-0.15, -0.1) is 11.3 Å². The van der Waals surface area contributed by atoms with Crippen LogP contribution in [0.3, 0.4) is 0 Å². The SMILES string of the molecule is Cc1cnc(-c2cc(Oc3ccc4ncsc4c3)ccn2)[nH]1. The Kier molecular flexibility index (Phi) is 3.08. The van der Waals surface area contributed by atoms with E-state index in [4.69, 9.17) is 4.74 Å². The molecule has 0 aliphatic heterocycles. The molecule has 0 radical (unpaired) electrons. The van der Waals surface area contributed by atoms with Crippen molar-refractivity contribution in [3.8, 4) is 23.0 Å². The largest absolute Gasteiger partial charge is 0.457 e. The molecule has 0 saturated carbocycles. The van der Waals surface area contributed by atoms with Gasteiger partial charge < -0.3 is 9.72 Å². The molecule has 0 atom stereocenters. The predicted molar refractivity (Wildman–Crippen MR) is 86.2 cm³/mol. The molecule has 4 rings (SSSR count). The number of fused-ring (bicyclic) bond motifs is 1. The molecular weight excluding hydrogens is 296 g/mol. The van der Waals surface area contributed by atoms with Crippen molar-refractivity contribution in [1.82, 2.24) is 19.9 Å². The Morgan fingerprint density at radius 3 is 2.82 bits per heavy atom. The Morgan fingerprint density at radius 2 is 1.95 bits per heavy atom. The summed E-state index contributed by atoms with van der Waals surface area (Å²) in [6.07, 6.45) is 3.50. The smallest absolute Gasteiger partial charge is 0.156 e. The van der Waals surface area contributed by atoms with Crippen molar-refractivity contribution in [2.75, 3.05) is 0 Å². The average molecular weight is 308 g/mol. The second-order valence-electron chi connectivity index (χ2n) is 4.88. The minimum absolute atomic E-state index is 0.725. The third kappa shape index (κ3) is 2.44. The van der Waals surface area contributed by atoms with Crippen molar-refractivity contribution in [2.45, 2.75) is 6.92 Å². The van der Waals surface area contributed by atoms with E-state index in [0.29, 0.717) is 0 Å². The first-order valence-electron chi connectivity index (χ1n) is 6.77. The molecule has 22 heavy (non-hydrogen) atoms. The summed E-state index contributed by atoms with van der Waals surface area (Å²) >= 11 is 1.60. The van der Waals surface area contributed by atoms with E-state index in [9.17, 15) is 0 Å². The number of nitrogens with one attached hydrogen (secondary N) is 1. The van der Waals surface area contributed by atoms with Crippen LogP contribution in [-0.2, 0) is 0 Å². The van der Waals surface area contributed by atoms with Gasteiger partial charge >= 0.3 is 0 Å². The molecule has 0 bridgehead atoms. The zero-order chi connectivity index (χ0) is 14.9. The van der Waals surface area contributed by atoms with Crippen LogP contribution in [0.4, 0.5) is 0 Å². The van der Waals surface area contributed by atoms with E-state index in [-0.39, 0.29) is 0 Å². The average Bonchev–Trinajstić information content (AvgIpc) is 3.16. The molecule has 0 spiro atoms. The van der Waals surface area contributed by atoms with Crippen LogP contribution in [0.2, 0.25) is 0 Å². The summed E-state index contributed by atoms with van der Waals surface area (Å²) in [5.74, 6) is 2.24. The predicted octanol–water partition coefficient (Wildman–Crippen LogP) is 4.18. The van der Waals surface area contributed by atoms with Gasteiger partial charge in [0.05, 0.1) is 15.7 Å². The zero-order valence-electron chi connectivity index (χ0n) is 11.8. The van der Waals surface area contributed by atoms with E-state index in [1.165, 1.54) is 0 Å². The number of benzene rings is 1. The molecule has 0 amide bonds. The number of aryl methyl sites for hydroxylation is 1. The minimum atomic E-state index is 0.725. The Labute approximate surface area is 130 Å². The number of hydrogen-bond donors (Lipinski definition) is 1. The molecular formula is C16H12N4OS. The highest BCUT2D eigenvalue weighted by molar-refractivity contribution is 7.16. The molecule has 5 nitrogen and oxygen atoms in total. The number of nitrogens with zero attached hydrogens (tertiary/aromatic N) is 3. The van der Waals surface area contributed by atoms with Crippen LogP contribution in [0.15, 0.2) is 48.2 Å². The number of aromatic amines is 1. The van der Waals surface area contributed by atoms with Gasteiger partial charge in [0.2, 0.25) is 0 Å². The van der Waals surface area contributed by atoms with E-state index in [2.05, 4.69) is 19.9 Å². The number of H-pyrrole nitrogens is 1. The maximum atomic E-state index is 5.92. The number of ether oxygens (including phenoxy) is 1. The van der Waals surface area contributed by atoms with Gasteiger partial charge in [-0.05, 0) is 25.1 Å². The van der Waals surface area contributed by atoms with Crippen LogP contribution in [0.5, 0.6) is 11.5 Å². The number of imidazole rings is 1. The summed E-state index contributed by atoms with van der Waals surface area (Å²) in [7, 11) is 0. The molecule has 0 unspecified atom stereocenters. The second kappa shape index (κ2) is 5.23. The van der Waals surface area contributed by atoms with Crippen LogP contribution in [0.1, 0.15) is 5.69 Å².